The number of phenolic OH excluding ortho intramolecular Hbond substituents is 1. The predicted octanol–water partition coefficient (Wildman–Crippen LogP) is 1.19. The van der Waals surface area contributed by atoms with Gasteiger partial charge in [-0.1, -0.05) is 23.7 Å². The fourth-order valence-corrected chi connectivity index (χ4v) is 2.45. The number of hydrogen-bond acceptors (Lipinski definition) is 7. The number of carbonyl (C=O) groups excluding carboxylic acids is 3. The third-order valence-electron chi connectivity index (χ3n) is 3.64. The lowest BCUT2D eigenvalue weighted by molar-refractivity contribution is -0.135. The van der Waals surface area contributed by atoms with Gasteiger partial charge in [-0.05, 0) is 30.3 Å². The number of hydrazine groups is 1. The van der Waals surface area contributed by atoms with E-state index in [9.17, 15) is 19.5 Å². The van der Waals surface area contributed by atoms with Gasteiger partial charge in [-0.25, -0.2) is 4.79 Å². The van der Waals surface area contributed by atoms with E-state index in [2.05, 4.69) is 10.9 Å². The zero-order valence-corrected chi connectivity index (χ0v) is 15.1. The Labute approximate surface area is 164 Å². The Morgan fingerprint density at radius 3 is 2.68 bits per heavy atom. The number of amides is 2. The van der Waals surface area contributed by atoms with Crippen LogP contribution >= 0.6 is 11.6 Å². The number of halogens is 1. The highest BCUT2D eigenvalue weighted by molar-refractivity contribution is 6.31. The number of carbonyl (C=O) groups is 3. The molecule has 1 aliphatic rings. The number of ether oxygens (including phenoxy) is 3. The summed E-state index contributed by atoms with van der Waals surface area (Å²) in [6, 6.07) is 10.7. The van der Waals surface area contributed by atoms with Crippen LogP contribution in [0.1, 0.15) is 10.4 Å². The fourth-order valence-electron chi connectivity index (χ4n) is 2.28. The van der Waals surface area contributed by atoms with Gasteiger partial charge in [0, 0.05) is 5.02 Å². The standard InChI is InChI=1S/C18H15ClN2O7/c19-10-5-6-12(22)11(7-10)18(25)27-9-16(23)20-21-17(24)15-8-26-13-3-1-2-4-14(13)28-15/h1-7,15,22H,8-9H2,(H,20,23)(H,21,24)/t15-/m0/s1. The molecule has 2 aromatic carbocycles. The number of benzene rings is 2. The van der Waals surface area contributed by atoms with Crippen molar-refractivity contribution in [2.24, 2.45) is 0 Å². The summed E-state index contributed by atoms with van der Waals surface area (Å²) in [4.78, 5) is 35.7. The fraction of sp³-hybridized carbons (Fsp3) is 0.167. The van der Waals surface area contributed by atoms with Crippen LogP contribution in [0.4, 0.5) is 0 Å². The third kappa shape index (κ3) is 4.63. The molecule has 1 aliphatic heterocycles. The zero-order valence-electron chi connectivity index (χ0n) is 14.3. The van der Waals surface area contributed by atoms with Gasteiger partial charge in [0.15, 0.2) is 18.1 Å². The molecular formula is C18H15ClN2O7. The van der Waals surface area contributed by atoms with Crippen molar-refractivity contribution in [2.45, 2.75) is 6.10 Å². The topological polar surface area (TPSA) is 123 Å². The minimum absolute atomic E-state index is 0.0260. The van der Waals surface area contributed by atoms with Gasteiger partial charge < -0.3 is 19.3 Å². The molecule has 3 rings (SSSR count). The molecule has 2 amide bonds. The number of rotatable bonds is 4. The lowest BCUT2D eigenvalue weighted by Crippen LogP contribution is -2.51. The molecule has 0 spiro atoms. The minimum atomic E-state index is -0.957. The molecule has 0 aromatic heterocycles. The van der Waals surface area contributed by atoms with Gasteiger partial charge in [0.1, 0.15) is 17.9 Å². The maximum atomic E-state index is 12.1. The smallest absolute Gasteiger partial charge is 0.342 e. The van der Waals surface area contributed by atoms with Gasteiger partial charge in [0.05, 0.1) is 0 Å². The molecule has 1 atom stereocenters. The summed E-state index contributed by atoms with van der Waals surface area (Å²) in [5, 5.41) is 9.84. The number of phenols is 1. The average molecular weight is 407 g/mol. The van der Waals surface area contributed by atoms with Crippen LogP contribution in [0, 0.1) is 0 Å². The number of aromatic hydroxyl groups is 1. The molecule has 0 fully saturated rings. The van der Waals surface area contributed by atoms with E-state index in [4.69, 9.17) is 25.8 Å². The summed E-state index contributed by atoms with van der Waals surface area (Å²) in [5.41, 5.74) is 4.07. The summed E-state index contributed by atoms with van der Waals surface area (Å²) in [5.74, 6) is -1.77. The highest BCUT2D eigenvalue weighted by Gasteiger charge is 2.27. The van der Waals surface area contributed by atoms with E-state index in [1.54, 1.807) is 24.3 Å². The largest absolute Gasteiger partial charge is 0.507 e. The summed E-state index contributed by atoms with van der Waals surface area (Å²) in [6.45, 7) is -0.711. The molecule has 1 heterocycles. The first kappa shape index (κ1) is 19.3. The van der Waals surface area contributed by atoms with Gasteiger partial charge >= 0.3 is 5.97 Å². The third-order valence-corrected chi connectivity index (χ3v) is 3.87. The quantitative estimate of drug-likeness (QED) is 0.514. The summed E-state index contributed by atoms with van der Waals surface area (Å²) in [6.07, 6.45) is -0.957. The summed E-state index contributed by atoms with van der Waals surface area (Å²) in [7, 11) is 0. The molecule has 0 saturated carbocycles. The Morgan fingerprint density at radius 1 is 1.14 bits per heavy atom. The number of para-hydroxylation sites is 2. The van der Waals surface area contributed by atoms with E-state index in [0.29, 0.717) is 11.5 Å². The lowest BCUT2D eigenvalue weighted by Gasteiger charge is -2.25. The molecule has 3 N–H and O–H groups in total. The van der Waals surface area contributed by atoms with E-state index in [-0.39, 0.29) is 22.9 Å². The second-order valence-electron chi connectivity index (χ2n) is 5.64. The van der Waals surface area contributed by atoms with Gasteiger partial charge in [0.25, 0.3) is 11.8 Å². The SMILES string of the molecule is O=C(COC(=O)c1cc(Cl)ccc1O)NNC(=O)[C@@H]1COc2ccccc2O1. The molecule has 9 nitrogen and oxygen atoms in total. The van der Waals surface area contributed by atoms with Gasteiger partial charge in [0.2, 0.25) is 6.10 Å². The molecular weight excluding hydrogens is 392 g/mol. The number of nitrogens with one attached hydrogen (secondary N) is 2. The maximum Gasteiger partial charge on any atom is 0.342 e. The van der Waals surface area contributed by atoms with Crippen LogP contribution in [0.2, 0.25) is 5.02 Å². The maximum absolute atomic E-state index is 12.1. The van der Waals surface area contributed by atoms with E-state index in [1.807, 2.05) is 0 Å². The Balaban J connectivity index is 1.45. The molecule has 0 radical (unpaired) electrons. The normalized spacial score (nSPS) is 14.7. The van der Waals surface area contributed by atoms with Crippen molar-refractivity contribution in [1.82, 2.24) is 10.9 Å². The van der Waals surface area contributed by atoms with Crippen LogP contribution in [-0.2, 0) is 14.3 Å². The van der Waals surface area contributed by atoms with Crippen molar-refractivity contribution in [2.75, 3.05) is 13.2 Å². The van der Waals surface area contributed by atoms with Crippen LogP contribution in [0.5, 0.6) is 17.2 Å². The van der Waals surface area contributed by atoms with Crippen molar-refractivity contribution in [3.8, 4) is 17.2 Å². The molecule has 0 unspecified atom stereocenters. The lowest BCUT2D eigenvalue weighted by atomic mass is 10.2. The molecule has 2 aromatic rings. The Morgan fingerprint density at radius 2 is 1.89 bits per heavy atom. The predicted molar refractivity (Wildman–Crippen MR) is 96.0 cm³/mol. The van der Waals surface area contributed by atoms with E-state index in [0.717, 1.165) is 0 Å². The zero-order chi connectivity index (χ0) is 20.1. The van der Waals surface area contributed by atoms with Crippen LogP contribution in [0.25, 0.3) is 0 Å². The highest BCUT2D eigenvalue weighted by Crippen LogP contribution is 2.30. The minimum Gasteiger partial charge on any atom is -0.507 e. The summed E-state index contributed by atoms with van der Waals surface area (Å²) < 4.78 is 15.7. The molecule has 0 saturated heterocycles. The Bertz CT molecular complexity index is 919. The first-order valence-corrected chi connectivity index (χ1v) is 8.44. The molecule has 0 aliphatic carbocycles. The van der Waals surface area contributed by atoms with E-state index >= 15 is 0 Å². The molecule has 146 valence electrons. The van der Waals surface area contributed by atoms with Crippen molar-refractivity contribution in [3.63, 3.8) is 0 Å². The Kier molecular flexibility index (Phi) is 5.85. The summed E-state index contributed by atoms with van der Waals surface area (Å²) >= 11 is 5.75. The second-order valence-corrected chi connectivity index (χ2v) is 6.08. The van der Waals surface area contributed by atoms with E-state index in [1.165, 1.54) is 18.2 Å². The number of hydrogen-bond donors (Lipinski definition) is 3. The number of esters is 1. The van der Waals surface area contributed by atoms with E-state index < -0.39 is 30.5 Å². The van der Waals surface area contributed by atoms with Crippen molar-refractivity contribution in [1.29, 1.82) is 0 Å². The molecule has 28 heavy (non-hydrogen) atoms. The van der Waals surface area contributed by atoms with Crippen molar-refractivity contribution >= 4 is 29.4 Å². The number of fused-ring (bicyclic) bond motifs is 1. The Hall–Kier alpha value is -3.46. The van der Waals surface area contributed by atoms with Crippen molar-refractivity contribution < 1.29 is 33.7 Å². The first-order chi connectivity index (χ1) is 13.4. The van der Waals surface area contributed by atoms with Crippen LogP contribution in [0.15, 0.2) is 42.5 Å². The van der Waals surface area contributed by atoms with Crippen molar-refractivity contribution in [3.05, 3.63) is 53.1 Å². The molecule has 10 heteroatoms. The van der Waals surface area contributed by atoms with Gasteiger partial charge in [-0.3, -0.25) is 20.4 Å². The van der Waals surface area contributed by atoms with Gasteiger partial charge in [-0.2, -0.15) is 0 Å². The first-order valence-electron chi connectivity index (χ1n) is 8.07. The van der Waals surface area contributed by atoms with Crippen LogP contribution in [-0.4, -0.2) is 42.2 Å². The highest BCUT2D eigenvalue weighted by atomic mass is 35.5. The average Bonchev–Trinajstić information content (AvgIpc) is 2.71. The van der Waals surface area contributed by atoms with Gasteiger partial charge in [-0.15, -0.1) is 0 Å². The van der Waals surface area contributed by atoms with Crippen LogP contribution in [0.3, 0.4) is 0 Å². The van der Waals surface area contributed by atoms with Crippen LogP contribution < -0.4 is 20.3 Å². The molecule has 0 bridgehead atoms. The monoisotopic (exact) mass is 406 g/mol. The second kappa shape index (κ2) is 8.49.